The normalized spacial score (nSPS) is 17.6. The van der Waals surface area contributed by atoms with E-state index in [1.807, 2.05) is 0 Å². The summed E-state index contributed by atoms with van der Waals surface area (Å²) in [6.45, 7) is 0. The van der Waals surface area contributed by atoms with Gasteiger partial charge >= 0.3 is 0 Å². The Balaban J connectivity index is 1.79. The Morgan fingerprint density at radius 2 is 2.25 bits per heavy atom. The van der Waals surface area contributed by atoms with Crippen molar-refractivity contribution in [3.63, 3.8) is 0 Å². The van der Waals surface area contributed by atoms with Crippen molar-refractivity contribution in [2.24, 2.45) is 0 Å². The van der Waals surface area contributed by atoms with Crippen LogP contribution in [0.25, 0.3) is 0 Å². The molecule has 1 aliphatic carbocycles. The maximum atomic E-state index is 13.2. The molecule has 0 radical (unpaired) electrons. The highest BCUT2D eigenvalue weighted by Crippen LogP contribution is 2.33. The maximum Gasteiger partial charge on any atom is 0.251 e. The highest BCUT2D eigenvalue weighted by Gasteiger charge is 2.23. The van der Waals surface area contributed by atoms with Crippen LogP contribution in [-0.4, -0.2) is 5.91 Å². The molecule has 0 spiro atoms. The lowest BCUT2D eigenvalue weighted by atomic mass is 9.94. The van der Waals surface area contributed by atoms with Crippen LogP contribution in [0.1, 0.15) is 39.7 Å². The average molecular weight is 354 g/mol. The van der Waals surface area contributed by atoms with E-state index in [-0.39, 0.29) is 17.8 Å². The number of amides is 1. The number of rotatable bonds is 2. The average Bonchev–Trinajstić information content (AvgIpc) is 2.91. The van der Waals surface area contributed by atoms with Crippen LogP contribution in [0.2, 0.25) is 0 Å². The summed E-state index contributed by atoms with van der Waals surface area (Å²) in [5.41, 5.74) is 1.71. The second kappa shape index (κ2) is 5.66. The molecule has 1 N–H and O–H groups in total. The van der Waals surface area contributed by atoms with Gasteiger partial charge < -0.3 is 5.32 Å². The first-order valence-electron chi connectivity index (χ1n) is 6.47. The topological polar surface area (TPSA) is 29.1 Å². The van der Waals surface area contributed by atoms with Crippen molar-refractivity contribution in [3.8, 4) is 0 Å². The molecule has 104 valence electrons. The first-order valence-corrected chi connectivity index (χ1v) is 8.14. The van der Waals surface area contributed by atoms with Gasteiger partial charge in [-0.05, 0) is 70.4 Å². The molecule has 3 rings (SSSR count). The maximum absolute atomic E-state index is 13.2. The first kappa shape index (κ1) is 13.8. The van der Waals surface area contributed by atoms with Crippen molar-refractivity contribution in [1.82, 2.24) is 5.32 Å². The number of benzene rings is 1. The van der Waals surface area contributed by atoms with E-state index in [4.69, 9.17) is 0 Å². The van der Waals surface area contributed by atoms with E-state index in [1.165, 1.54) is 28.6 Å². The highest BCUT2D eigenvalue weighted by atomic mass is 79.9. The molecule has 0 saturated carbocycles. The van der Waals surface area contributed by atoms with Crippen molar-refractivity contribution >= 4 is 33.2 Å². The van der Waals surface area contributed by atoms with Crippen LogP contribution >= 0.6 is 27.3 Å². The number of aryl methyl sites for hydroxylation is 1. The molecule has 1 aromatic carbocycles. The number of hydrogen-bond donors (Lipinski definition) is 1. The fourth-order valence-electron chi connectivity index (χ4n) is 2.52. The van der Waals surface area contributed by atoms with E-state index in [0.717, 1.165) is 19.3 Å². The Labute approximate surface area is 129 Å². The molecule has 1 unspecified atom stereocenters. The van der Waals surface area contributed by atoms with Crippen LogP contribution in [0.15, 0.2) is 34.1 Å². The van der Waals surface area contributed by atoms with E-state index < -0.39 is 0 Å². The molecule has 0 aliphatic heterocycles. The number of carbonyl (C=O) groups excluding carboxylic acids is 1. The van der Waals surface area contributed by atoms with E-state index in [1.54, 1.807) is 11.3 Å². The van der Waals surface area contributed by atoms with Gasteiger partial charge in [0.2, 0.25) is 0 Å². The van der Waals surface area contributed by atoms with Gasteiger partial charge in [0.1, 0.15) is 5.82 Å². The van der Waals surface area contributed by atoms with Crippen molar-refractivity contribution in [2.45, 2.75) is 25.3 Å². The molecule has 1 atom stereocenters. The second-order valence-corrected chi connectivity index (χ2v) is 6.70. The van der Waals surface area contributed by atoms with E-state index in [2.05, 4.69) is 32.7 Å². The lowest BCUT2D eigenvalue weighted by Gasteiger charge is -2.23. The molecule has 20 heavy (non-hydrogen) atoms. The molecule has 0 saturated heterocycles. The van der Waals surface area contributed by atoms with Gasteiger partial charge in [0.25, 0.3) is 5.91 Å². The molecule has 1 aromatic heterocycles. The minimum atomic E-state index is -0.362. The zero-order chi connectivity index (χ0) is 14.1. The summed E-state index contributed by atoms with van der Waals surface area (Å²) in [6.07, 6.45) is 3.14. The Morgan fingerprint density at radius 3 is 3.05 bits per heavy atom. The molecule has 0 fully saturated rings. The van der Waals surface area contributed by atoms with Gasteiger partial charge in [0, 0.05) is 10.4 Å². The van der Waals surface area contributed by atoms with Crippen LogP contribution in [0, 0.1) is 5.82 Å². The summed E-state index contributed by atoms with van der Waals surface area (Å²) in [6, 6.07) is 6.48. The monoisotopic (exact) mass is 353 g/mol. The number of nitrogens with one attached hydrogen (secondary N) is 1. The van der Waals surface area contributed by atoms with E-state index >= 15 is 0 Å². The van der Waals surface area contributed by atoms with E-state index in [9.17, 15) is 9.18 Å². The van der Waals surface area contributed by atoms with Crippen molar-refractivity contribution < 1.29 is 9.18 Å². The van der Waals surface area contributed by atoms with Gasteiger partial charge in [-0.2, -0.15) is 0 Å². The van der Waals surface area contributed by atoms with Crippen molar-refractivity contribution in [3.05, 3.63) is 55.9 Å². The molecule has 1 aliphatic rings. The number of halogens is 2. The molecular weight excluding hydrogens is 341 g/mol. The lowest BCUT2D eigenvalue weighted by molar-refractivity contribution is 0.0933. The predicted molar refractivity (Wildman–Crippen MR) is 81.6 cm³/mol. The van der Waals surface area contributed by atoms with Gasteiger partial charge in [-0.1, -0.05) is 0 Å². The van der Waals surface area contributed by atoms with Crippen LogP contribution < -0.4 is 5.32 Å². The zero-order valence-corrected chi connectivity index (χ0v) is 13.1. The fraction of sp³-hybridized carbons (Fsp3) is 0.267. The van der Waals surface area contributed by atoms with Gasteiger partial charge in [-0.15, -0.1) is 11.3 Å². The summed E-state index contributed by atoms with van der Waals surface area (Å²) in [4.78, 5) is 13.6. The fourth-order valence-corrected chi connectivity index (χ4v) is 3.88. The largest absolute Gasteiger partial charge is 0.345 e. The summed E-state index contributed by atoms with van der Waals surface area (Å²) in [5, 5.41) is 5.12. The van der Waals surface area contributed by atoms with Gasteiger partial charge in [0.05, 0.1) is 10.5 Å². The summed E-state index contributed by atoms with van der Waals surface area (Å²) >= 11 is 4.85. The molecular formula is C15H13BrFNOS. The molecule has 2 nitrogen and oxygen atoms in total. The number of carbonyl (C=O) groups is 1. The standard InChI is InChI=1S/C15H13BrFNOS/c16-11-8-9(4-5-12(11)17)15(19)18-13-2-1-3-14-10(13)6-7-20-14/h4-8,13H,1-3H2,(H,18,19). The summed E-state index contributed by atoms with van der Waals surface area (Å²) in [7, 11) is 0. The van der Waals surface area contributed by atoms with Crippen LogP contribution in [0.4, 0.5) is 4.39 Å². The third kappa shape index (κ3) is 2.65. The van der Waals surface area contributed by atoms with Crippen molar-refractivity contribution in [1.29, 1.82) is 0 Å². The molecule has 1 amide bonds. The Bertz CT molecular complexity index is 655. The third-order valence-electron chi connectivity index (χ3n) is 3.54. The Kier molecular flexibility index (Phi) is 3.89. The SMILES string of the molecule is O=C(NC1CCCc2sccc21)c1ccc(F)c(Br)c1. The van der Waals surface area contributed by atoms with Crippen LogP contribution in [0.3, 0.4) is 0 Å². The van der Waals surface area contributed by atoms with Crippen LogP contribution in [-0.2, 0) is 6.42 Å². The van der Waals surface area contributed by atoms with Crippen molar-refractivity contribution in [2.75, 3.05) is 0 Å². The quantitative estimate of drug-likeness (QED) is 0.848. The highest BCUT2D eigenvalue weighted by molar-refractivity contribution is 9.10. The van der Waals surface area contributed by atoms with Gasteiger partial charge in [0.15, 0.2) is 0 Å². The summed E-state index contributed by atoms with van der Waals surface area (Å²) in [5.74, 6) is -0.519. The molecule has 2 aromatic rings. The number of hydrogen-bond acceptors (Lipinski definition) is 2. The van der Waals surface area contributed by atoms with Gasteiger partial charge in [-0.25, -0.2) is 4.39 Å². The van der Waals surface area contributed by atoms with E-state index in [0.29, 0.717) is 10.0 Å². The molecule has 1 heterocycles. The molecule has 0 bridgehead atoms. The minimum Gasteiger partial charge on any atom is -0.345 e. The number of fused-ring (bicyclic) bond motifs is 1. The minimum absolute atomic E-state index is 0.0707. The lowest BCUT2D eigenvalue weighted by Crippen LogP contribution is -2.30. The Hall–Kier alpha value is -1.20. The number of thiophene rings is 1. The summed E-state index contributed by atoms with van der Waals surface area (Å²) < 4.78 is 13.5. The predicted octanol–water partition coefficient (Wildman–Crippen LogP) is 4.46. The Morgan fingerprint density at radius 1 is 1.40 bits per heavy atom. The van der Waals surface area contributed by atoms with Gasteiger partial charge in [-0.3, -0.25) is 4.79 Å². The van der Waals surface area contributed by atoms with Crippen LogP contribution in [0.5, 0.6) is 0 Å². The first-order chi connectivity index (χ1) is 9.65. The smallest absolute Gasteiger partial charge is 0.251 e. The third-order valence-corrected chi connectivity index (χ3v) is 5.14. The second-order valence-electron chi connectivity index (χ2n) is 4.85. The zero-order valence-electron chi connectivity index (χ0n) is 10.7. The molecule has 5 heteroatoms.